The molecule has 0 saturated heterocycles. The van der Waals surface area contributed by atoms with Gasteiger partial charge in [0.25, 0.3) is 0 Å². The third-order valence-electron chi connectivity index (χ3n) is 3.50. The normalized spacial score (nSPS) is 23.6. The van der Waals surface area contributed by atoms with Gasteiger partial charge < -0.3 is 15.1 Å². The van der Waals surface area contributed by atoms with Gasteiger partial charge in [0.15, 0.2) is 11.5 Å². The molecule has 1 aliphatic carbocycles. The van der Waals surface area contributed by atoms with Crippen LogP contribution in [-0.2, 0) is 0 Å². The van der Waals surface area contributed by atoms with Crippen molar-refractivity contribution in [3.63, 3.8) is 0 Å². The summed E-state index contributed by atoms with van der Waals surface area (Å²) in [6.07, 6.45) is 3.67. The summed E-state index contributed by atoms with van der Waals surface area (Å²) < 4.78 is 5.88. The van der Waals surface area contributed by atoms with E-state index in [1.54, 1.807) is 18.2 Å². The van der Waals surface area contributed by atoms with Crippen LogP contribution in [-0.4, -0.2) is 21.6 Å². The third-order valence-corrected chi connectivity index (χ3v) is 3.50. The van der Waals surface area contributed by atoms with E-state index < -0.39 is 0 Å². The molecule has 0 radical (unpaired) electrons. The van der Waals surface area contributed by atoms with Crippen LogP contribution in [0.25, 0.3) is 0 Å². The summed E-state index contributed by atoms with van der Waals surface area (Å²) >= 11 is 0. The van der Waals surface area contributed by atoms with Crippen LogP contribution < -0.4 is 4.74 Å². The van der Waals surface area contributed by atoms with Gasteiger partial charge in [-0.05, 0) is 31.4 Å². The second kappa shape index (κ2) is 3.14. The molecule has 84 valence electrons. The third kappa shape index (κ3) is 1.19. The first kappa shape index (κ1) is 9.51. The summed E-state index contributed by atoms with van der Waals surface area (Å²) in [4.78, 5) is 0. The first-order valence-corrected chi connectivity index (χ1v) is 5.46. The fourth-order valence-corrected chi connectivity index (χ4v) is 2.45. The summed E-state index contributed by atoms with van der Waals surface area (Å²) in [6.45, 7) is 0. The minimum atomic E-state index is -0.243. The second-order valence-corrected chi connectivity index (χ2v) is 4.52. The zero-order valence-corrected chi connectivity index (χ0v) is 8.81. The average molecular weight is 219 g/mol. The predicted octanol–water partition coefficient (Wildman–Crippen LogP) is 2.28. The number of aromatic hydroxyl groups is 1. The smallest absolute Gasteiger partial charge is 0.170 e. The van der Waals surface area contributed by atoms with Gasteiger partial charge in [0.2, 0.25) is 0 Å². The molecular weight excluding hydrogens is 206 g/mol. The molecule has 0 amide bonds. The van der Waals surface area contributed by atoms with Crippen LogP contribution >= 0.6 is 0 Å². The van der Waals surface area contributed by atoms with E-state index in [0.717, 1.165) is 19.3 Å². The summed E-state index contributed by atoms with van der Waals surface area (Å²) in [5.74, 6) is 0.575. The molecule has 16 heavy (non-hydrogen) atoms. The van der Waals surface area contributed by atoms with Crippen LogP contribution in [0.15, 0.2) is 23.4 Å². The standard InChI is InChI=1S/C12H13NO3/c14-10-4-1-3-8-9(13-15)7-12(5-2-6-12)16-11(8)10/h1,3-4,14-15H,2,5-7H2/b13-9-. The number of ether oxygens (including phenoxy) is 1. The zero-order chi connectivity index (χ0) is 11.2. The Hall–Kier alpha value is -1.71. The lowest BCUT2D eigenvalue weighted by molar-refractivity contribution is -0.00748. The van der Waals surface area contributed by atoms with Crippen LogP contribution in [0.2, 0.25) is 0 Å². The van der Waals surface area contributed by atoms with Crippen molar-refractivity contribution >= 4 is 5.71 Å². The molecule has 2 N–H and O–H groups in total. The molecule has 1 spiro atoms. The first-order chi connectivity index (χ1) is 7.74. The van der Waals surface area contributed by atoms with Gasteiger partial charge in [0.1, 0.15) is 5.60 Å². The van der Waals surface area contributed by atoms with Gasteiger partial charge in [0, 0.05) is 12.0 Å². The van der Waals surface area contributed by atoms with E-state index in [1.807, 2.05) is 0 Å². The molecule has 2 aliphatic rings. The number of oxime groups is 1. The average Bonchev–Trinajstić information content (AvgIpc) is 2.26. The zero-order valence-electron chi connectivity index (χ0n) is 8.81. The van der Waals surface area contributed by atoms with Crippen molar-refractivity contribution in [2.24, 2.45) is 5.16 Å². The molecule has 1 aromatic rings. The Kier molecular flexibility index (Phi) is 1.87. The highest BCUT2D eigenvalue weighted by molar-refractivity contribution is 6.04. The molecule has 0 bridgehead atoms. The molecule has 3 rings (SSSR count). The molecule has 0 aromatic heterocycles. The predicted molar refractivity (Wildman–Crippen MR) is 58.3 cm³/mol. The number of hydrogen-bond donors (Lipinski definition) is 2. The van der Waals surface area contributed by atoms with Gasteiger partial charge in [-0.15, -0.1) is 0 Å². The lowest BCUT2D eigenvalue weighted by atomic mass is 9.74. The Balaban J connectivity index is 2.12. The Labute approximate surface area is 93.2 Å². The van der Waals surface area contributed by atoms with Crippen molar-refractivity contribution in [3.8, 4) is 11.5 Å². The molecule has 4 heteroatoms. The number of phenols is 1. The van der Waals surface area contributed by atoms with Crippen molar-refractivity contribution in [2.45, 2.75) is 31.3 Å². The van der Waals surface area contributed by atoms with Crippen molar-refractivity contribution in [1.82, 2.24) is 0 Å². The number of benzene rings is 1. The monoisotopic (exact) mass is 219 g/mol. The Bertz CT molecular complexity index is 463. The van der Waals surface area contributed by atoms with E-state index in [1.165, 1.54) is 0 Å². The molecule has 4 nitrogen and oxygen atoms in total. The fraction of sp³-hybridized carbons (Fsp3) is 0.417. The van der Waals surface area contributed by atoms with Gasteiger partial charge in [-0.1, -0.05) is 11.2 Å². The van der Waals surface area contributed by atoms with Gasteiger partial charge in [0.05, 0.1) is 5.71 Å². The maximum Gasteiger partial charge on any atom is 0.170 e. The van der Waals surface area contributed by atoms with E-state index in [-0.39, 0.29) is 11.4 Å². The molecule has 0 atom stereocenters. The maximum absolute atomic E-state index is 9.76. The molecule has 1 aliphatic heterocycles. The number of fused-ring (bicyclic) bond motifs is 1. The van der Waals surface area contributed by atoms with E-state index in [9.17, 15) is 5.11 Å². The SMILES string of the molecule is O/N=C1/CC2(CCC2)Oc2c(O)cccc21. The number of nitrogens with zero attached hydrogens (tertiary/aromatic N) is 1. The summed E-state index contributed by atoms with van der Waals surface area (Å²) in [7, 11) is 0. The molecule has 0 unspecified atom stereocenters. The lowest BCUT2D eigenvalue weighted by Crippen LogP contribution is -2.47. The Morgan fingerprint density at radius 2 is 2.12 bits per heavy atom. The van der Waals surface area contributed by atoms with E-state index in [0.29, 0.717) is 23.4 Å². The topological polar surface area (TPSA) is 62.1 Å². The number of phenolic OH excluding ortho intramolecular Hbond substituents is 1. The lowest BCUT2D eigenvalue weighted by Gasteiger charge is -2.45. The minimum absolute atomic E-state index is 0.115. The van der Waals surface area contributed by atoms with Crippen molar-refractivity contribution in [2.75, 3.05) is 0 Å². The van der Waals surface area contributed by atoms with Crippen LogP contribution in [0.1, 0.15) is 31.2 Å². The van der Waals surface area contributed by atoms with E-state index >= 15 is 0 Å². The molecule has 1 heterocycles. The summed E-state index contributed by atoms with van der Waals surface area (Å²) in [6, 6.07) is 5.11. The highest BCUT2D eigenvalue weighted by atomic mass is 16.5. The van der Waals surface area contributed by atoms with Crippen LogP contribution in [0.5, 0.6) is 11.5 Å². The number of para-hydroxylation sites is 1. The van der Waals surface area contributed by atoms with Crippen LogP contribution in [0.3, 0.4) is 0 Å². The van der Waals surface area contributed by atoms with Gasteiger partial charge >= 0.3 is 0 Å². The van der Waals surface area contributed by atoms with E-state index in [2.05, 4.69) is 5.16 Å². The molecular formula is C12H13NO3. The highest BCUT2D eigenvalue weighted by Crippen LogP contribution is 2.47. The van der Waals surface area contributed by atoms with Gasteiger partial charge in [-0.25, -0.2) is 0 Å². The minimum Gasteiger partial charge on any atom is -0.504 e. The summed E-state index contributed by atoms with van der Waals surface area (Å²) in [5.41, 5.74) is 1.06. The molecule has 1 aromatic carbocycles. The second-order valence-electron chi connectivity index (χ2n) is 4.52. The largest absolute Gasteiger partial charge is 0.504 e. The Morgan fingerprint density at radius 1 is 1.31 bits per heavy atom. The quantitative estimate of drug-likeness (QED) is 0.519. The number of rotatable bonds is 0. The molecule has 1 saturated carbocycles. The van der Waals surface area contributed by atoms with Gasteiger partial charge in [-0.3, -0.25) is 0 Å². The van der Waals surface area contributed by atoms with Crippen LogP contribution in [0, 0.1) is 0 Å². The fourth-order valence-electron chi connectivity index (χ4n) is 2.45. The van der Waals surface area contributed by atoms with E-state index in [4.69, 9.17) is 9.94 Å². The van der Waals surface area contributed by atoms with Crippen molar-refractivity contribution in [3.05, 3.63) is 23.8 Å². The highest BCUT2D eigenvalue weighted by Gasteiger charge is 2.45. The maximum atomic E-state index is 9.76. The van der Waals surface area contributed by atoms with Crippen molar-refractivity contribution < 1.29 is 15.1 Å². The first-order valence-electron chi connectivity index (χ1n) is 5.46. The molecule has 1 fully saturated rings. The van der Waals surface area contributed by atoms with Crippen molar-refractivity contribution in [1.29, 1.82) is 0 Å². The van der Waals surface area contributed by atoms with Crippen LogP contribution in [0.4, 0.5) is 0 Å². The Morgan fingerprint density at radius 3 is 2.75 bits per heavy atom. The summed E-state index contributed by atoms with van der Waals surface area (Å²) in [5, 5.41) is 22.1. The number of hydrogen-bond acceptors (Lipinski definition) is 4. The van der Waals surface area contributed by atoms with Gasteiger partial charge in [-0.2, -0.15) is 0 Å².